The van der Waals surface area contributed by atoms with Crippen molar-refractivity contribution in [2.45, 2.75) is 70.1 Å². The first-order valence-electron chi connectivity index (χ1n) is 11.8. The van der Waals surface area contributed by atoms with Gasteiger partial charge in [-0.05, 0) is 74.6 Å². The predicted octanol–water partition coefficient (Wildman–Crippen LogP) is 2.67. The summed E-state index contributed by atoms with van der Waals surface area (Å²) in [5.41, 5.74) is -0.0640. The minimum absolute atomic E-state index is 0.0190. The molecule has 4 bridgehead atoms. The highest BCUT2D eigenvalue weighted by atomic mass is 32.1. The number of thiophene rings is 1. The summed E-state index contributed by atoms with van der Waals surface area (Å²) in [7, 11) is 0. The number of carbonyl (C=O) groups excluding carboxylic acids is 3. The molecule has 1 aliphatic heterocycles. The van der Waals surface area contributed by atoms with Crippen LogP contribution in [0.15, 0.2) is 11.4 Å². The van der Waals surface area contributed by atoms with Crippen LogP contribution in [0.5, 0.6) is 0 Å². The third-order valence-corrected chi connectivity index (χ3v) is 8.82. The van der Waals surface area contributed by atoms with Gasteiger partial charge in [-0.15, -0.1) is 11.3 Å². The number of hydrogen-bond acceptors (Lipinski definition) is 7. The Morgan fingerprint density at radius 3 is 2.45 bits per heavy atom. The number of nitrogens with one attached hydrogen (secondary N) is 1. The van der Waals surface area contributed by atoms with Crippen LogP contribution >= 0.6 is 11.3 Å². The van der Waals surface area contributed by atoms with Gasteiger partial charge in [-0.25, -0.2) is 4.79 Å². The third kappa shape index (κ3) is 4.04. The second-order valence-corrected chi connectivity index (χ2v) is 11.3. The fraction of sp³-hybridized carbons (Fsp3) is 0.667. The van der Waals surface area contributed by atoms with E-state index in [2.05, 4.69) is 5.32 Å². The normalized spacial score (nSPS) is 35.2. The molecule has 0 spiro atoms. The minimum Gasteiger partial charge on any atom is -0.451 e. The Kier molecular flexibility index (Phi) is 5.69. The molecule has 0 aromatic carbocycles. The molecule has 2 heterocycles. The molecule has 0 unspecified atom stereocenters. The lowest BCUT2D eigenvalue weighted by molar-refractivity contribution is -0.168. The summed E-state index contributed by atoms with van der Waals surface area (Å²) >= 11 is 1.21. The number of carbonyl (C=O) groups is 3. The van der Waals surface area contributed by atoms with Crippen LogP contribution < -0.4 is 5.32 Å². The zero-order valence-electron chi connectivity index (χ0n) is 18.7. The molecule has 2 N–H and O–H groups in total. The second kappa shape index (κ2) is 8.41. The number of aliphatic hydroxyl groups is 1. The monoisotopic (exact) mass is 471 g/mol. The van der Waals surface area contributed by atoms with Gasteiger partial charge >= 0.3 is 5.97 Å². The van der Waals surface area contributed by atoms with Crippen molar-refractivity contribution in [1.82, 2.24) is 4.90 Å². The predicted molar refractivity (Wildman–Crippen MR) is 120 cm³/mol. The Bertz CT molecular complexity index is 979. The number of nitriles is 1. The van der Waals surface area contributed by atoms with Crippen molar-refractivity contribution in [3.05, 3.63) is 17.0 Å². The highest BCUT2D eigenvalue weighted by Gasteiger charge is 2.57. The van der Waals surface area contributed by atoms with Crippen molar-refractivity contribution in [2.75, 3.05) is 11.9 Å². The number of aliphatic hydroxyl groups excluding tert-OH is 1. The quantitative estimate of drug-likeness (QED) is 0.637. The van der Waals surface area contributed by atoms with E-state index in [-0.39, 0.29) is 18.9 Å². The molecule has 5 aliphatic rings. The molecule has 176 valence electrons. The fourth-order valence-electron chi connectivity index (χ4n) is 6.95. The number of esters is 1. The standard InChI is InChI=1S/C24H29N3O5S/c1-13(20(29)26-21-17(11-25)2-3-33-21)32-22(30)19-7-18(28)12-27(19)23(31)24-8-14-4-15(9-24)6-16(5-14)10-24/h2-3,13-16,18-19,28H,4-10,12H2,1H3,(H,26,29)/t13-,14?,15?,16?,18+,19-,24?/m0/s1. The Morgan fingerprint density at radius 2 is 1.85 bits per heavy atom. The number of likely N-dealkylation sites (tertiary alicyclic amines) is 1. The number of ether oxygens (including phenoxy) is 1. The molecule has 4 aliphatic carbocycles. The van der Waals surface area contributed by atoms with E-state index in [0.29, 0.717) is 28.3 Å². The van der Waals surface area contributed by atoms with Crippen LogP contribution in [-0.4, -0.2) is 52.6 Å². The maximum Gasteiger partial charge on any atom is 0.329 e. The van der Waals surface area contributed by atoms with Gasteiger partial charge in [-0.1, -0.05) is 0 Å². The summed E-state index contributed by atoms with van der Waals surface area (Å²) < 4.78 is 5.43. The van der Waals surface area contributed by atoms with E-state index < -0.39 is 35.5 Å². The van der Waals surface area contributed by atoms with Crippen molar-refractivity contribution in [1.29, 1.82) is 5.26 Å². The largest absolute Gasteiger partial charge is 0.451 e. The minimum atomic E-state index is -1.10. The van der Waals surface area contributed by atoms with Crippen LogP contribution in [0.1, 0.15) is 57.4 Å². The lowest BCUT2D eigenvalue weighted by atomic mass is 9.49. The molecule has 4 saturated carbocycles. The van der Waals surface area contributed by atoms with Crippen LogP contribution in [0, 0.1) is 34.5 Å². The van der Waals surface area contributed by atoms with Crippen molar-refractivity contribution in [3.63, 3.8) is 0 Å². The van der Waals surface area contributed by atoms with Gasteiger partial charge in [0.25, 0.3) is 5.91 Å². The van der Waals surface area contributed by atoms with Crippen molar-refractivity contribution < 1.29 is 24.2 Å². The summed E-state index contributed by atoms with van der Waals surface area (Å²) in [6.07, 6.45) is 4.53. The van der Waals surface area contributed by atoms with Crippen molar-refractivity contribution >= 4 is 34.1 Å². The van der Waals surface area contributed by atoms with Gasteiger partial charge in [0.1, 0.15) is 17.1 Å². The molecule has 3 atom stereocenters. The summed E-state index contributed by atoms with van der Waals surface area (Å²) in [4.78, 5) is 40.8. The zero-order valence-corrected chi connectivity index (χ0v) is 19.5. The van der Waals surface area contributed by atoms with Crippen LogP contribution in [0.4, 0.5) is 5.00 Å². The second-order valence-electron chi connectivity index (χ2n) is 10.4. The van der Waals surface area contributed by atoms with Crippen molar-refractivity contribution in [3.8, 4) is 6.07 Å². The van der Waals surface area contributed by atoms with Gasteiger partial charge < -0.3 is 20.1 Å². The van der Waals surface area contributed by atoms with Gasteiger partial charge in [-0.3, -0.25) is 9.59 Å². The summed E-state index contributed by atoms with van der Waals surface area (Å²) in [6, 6.07) is 2.72. The summed E-state index contributed by atoms with van der Waals surface area (Å²) in [6.45, 7) is 1.59. The summed E-state index contributed by atoms with van der Waals surface area (Å²) in [5, 5.41) is 24.1. The molecule has 1 aromatic rings. The SMILES string of the molecule is C[C@H](OC(=O)[C@@H]1C[C@@H](O)CN1C(=O)C12CC3CC(CC(C3)C1)C2)C(=O)Nc1sccc1C#N. The van der Waals surface area contributed by atoms with Crippen LogP contribution in [-0.2, 0) is 19.1 Å². The lowest BCUT2D eigenvalue weighted by Gasteiger charge is -2.56. The maximum atomic E-state index is 13.8. The molecule has 9 heteroatoms. The molecule has 2 amide bonds. The average molecular weight is 472 g/mol. The third-order valence-electron chi connectivity index (χ3n) is 7.99. The Hall–Kier alpha value is -2.44. The number of β-amino-alcohol motifs (C(OH)–C–C–N with tert-alkyl or cyclic N) is 1. The molecule has 5 fully saturated rings. The average Bonchev–Trinajstić information content (AvgIpc) is 3.38. The topological polar surface area (TPSA) is 120 Å². The fourth-order valence-corrected chi connectivity index (χ4v) is 7.69. The van der Waals surface area contributed by atoms with Gasteiger partial charge in [0.2, 0.25) is 5.91 Å². The molecular formula is C24H29N3O5S. The van der Waals surface area contributed by atoms with Crippen LogP contribution in [0.25, 0.3) is 0 Å². The maximum absolute atomic E-state index is 13.8. The Balaban J connectivity index is 1.26. The van der Waals surface area contributed by atoms with Crippen molar-refractivity contribution in [2.24, 2.45) is 23.2 Å². The molecule has 6 rings (SSSR count). The number of hydrogen-bond donors (Lipinski definition) is 2. The Morgan fingerprint density at radius 1 is 1.21 bits per heavy atom. The molecule has 0 radical (unpaired) electrons. The van der Waals surface area contributed by atoms with E-state index in [4.69, 9.17) is 10.00 Å². The number of amides is 2. The Labute approximate surface area is 196 Å². The molecule has 1 aromatic heterocycles. The molecule has 8 nitrogen and oxygen atoms in total. The van der Waals surface area contributed by atoms with Gasteiger partial charge in [0.15, 0.2) is 6.10 Å². The smallest absolute Gasteiger partial charge is 0.329 e. The van der Waals surface area contributed by atoms with E-state index in [1.807, 2.05) is 6.07 Å². The highest BCUT2D eigenvalue weighted by molar-refractivity contribution is 7.14. The number of nitrogens with zero attached hydrogens (tertiary/aromatic N) is 2. The van der Waals surface area contributed by atoms with E-state index in [9.17, 15) is 19.5 Å². The number of anilines is 1. The van der Waals surface area contributed by atoms with E-state index >= 15 is 0 Å². The zero-order chi connectivity index (χ0) is 23.3. The lowest BCUT2D eigenvalue weighted by Crippen LogP contribution is -2.56. The first-order chi connectivity index (χ1) is 15.8. The molecular weight excluding hydrogens is 442 g/mol. The first-order valence-corrected chi connectivity index (χ1v) is 12.6. The van der Waals surface area contributed by atoms with Gasteiger partial charge in [0.05, 0.1) is 17.1 Å². The molecule has 33 heavy (non-hydrogen) atoms. The van der Waals surface area contributed by atoms with E-state index in [0.717, 1.165) is 19.3 Å². The van der Waals surface area contributed by atoms with E-state index in [1.54, 1.807) is 11.4 Å². The van der Waals surface area contributed by atoms with Gasteiger partial charge in [-0.2, -0.15) is 5.26 Å². The number of rotatable bonds is 5. The van der Waals surface area contributed by atoms with E-state index in [1.165, 1.54) is 42.4 Å². The first kappa shape index (κ1) is 22.4. The highest BCUT2D eigenvalue weighted by Crippen LogP contribution is 2.60. The van der Waals surface area contributed by atoms with Crippen LogP contribution in [0.3, 0.4) is 0 Å². The van der Waals surface area contributed by atoms with Crippen LogP contribution in [0.2, 0.25) is 0 Å². The molecule has 1 saturated heterocycles. The summed E-state index contributed by atoms with van der Waals surface area (Å²) in [5.74, 6) is 0.556. The van der Waals surface area contributed by atoms with Gasteiger partial charge in [0, 0.05) is 13.0 Å².